The molecule has 1 aromatic rings. The molecule has 0 atom stereocenters. The number of carbonyl (C=O) groups excluding carboxylic acids is 1. The van der Waals surface area contributed by atoms with Crippen molar-refractivity contribution in [3.8, 4) is 0 Å². The van der Waals surface area contributed by atoms with E-state index in [-0.39, 0.29) is 6.03 Å². The van der Waals surface area contributed by atoms with Gasteiger partial charge < -0.3 is 9.80 Å². The van der Waals surface area contributed by atoms with Crippen LogP contribution in [0.25, 0.3) is 0 Å². The number of amides is 2. The lowest BCUT2D eigenvalue weighted by Gasteiger charge is -2.23. The molecule has 0 spiro atoms. The molecule has 1 aliphatic rings. The molecule has 1 saturated heterocycles. The molecule has 0 radical (unpaired) electrons. The zero-order valence-electron chi connectivity index (χ0n) is 8.98. The molecule has 0 saturated carbocycles. The Morgan fingerprint density at radius 1 is 1.53 bits per heavy atom. The molecule has 1 aliphatic heterocycles. The summed E-state index contributed by atoms with van der Waals surface area (Å²) in [5, 5.41) is 4.14. The lowest BCUT2D eigenvalue weighted by Crippen LogP contribution is -2.38. The third-order valence-corrected chi connectivity index (χ3v) is 3.44. The predicted molar refractivity (Wildman–Crippen MR) is 62.0 cm³/mol. The molecule has 1 aromatic heterocycles. The maximum absolute atomic E-state index is 11.9. The number of thiophene rings is 1. The van der Waals surface area contributed by atoms with E-state index in [1.165, 1.54) is 5.56 Å². The molecular weight excluding hydrogens is 208 g/mol. The van der Waals surface area contributed by atoms with Crippen LogP contribution in [0.3, 0.4) is 0 Å². The van der Waals surface area contributed by atoms with E-state index < -0.39 is 0 Å². The van der Waals surface area contributed by atoms with Crippen LogP contribution in [0.1, 0.15) is 18.4 Å². The molecule has 2 amide bonds. The predicted octanol–water partition coefficient (Wildman–Crippen LogP) is 2.40. The maximum Gasteiger partial charge on any atom is 0.320 e. The largest absolute Gasteiger partial charge is 0.325 e. The molecule has 0 bridgehead atoms. The minimum Gasteiger partial charge on any atom is -0.325 e. The zero-order chi connectivity index (χ0) is 10.7. The fourth-order valence-electron chi connectivity index (χ4n) is 1.87. The quantitative estimate of drug-likeness (QED) is 0.756. The second kappa shape index (κ2) is 4.66. The molecule has 3 nitrogen and oxygen atoms in total. The van der Waals surface area contributed by atoms with Crippen molar-refractivity contribution < 1.29 is 4.79 Å². The summed E-state index contributed by atoms with van der Waals surface area (Å²) in [6.07, 6.45) is 2.30. The normalized spacial score (nSPS) is 15.7. The third kappa shape index (κ3) is 2.50. The van der Waals surface area contributed by atoms with E-state index in [2.05, 4.69) is 11.4 Å². The minimum absolute atomic E-state index is 0.165. The topological polar surface area (TPSA) is 23.6 Å². The van der Waals surface area contributed by atoms with Gasteiger partial charge in [-0.15, -0.1) is 0 Å². The molecule has 0 aliphatic carbocycles. The van der Waals surface area contributed by atoms with Crippen LogP contribution in [0, 0.1) is 0 Å². The number of likely N-dealkylation sites (tertiary alicyclic amines) is 1. The summed E-state index contributed by atoms with van der Waals surface area (Å²) in [6, 6.07) is 2.23. The number of urea groups is 1. The minimum atomic E-state index is 0.165. The van der Waals surface area contributed by atoms with Crippen LogP contribution < -0.4 is 0 Å². The van der Waals surface area contributed by atoms with Crippen LogP contribution in [0.15, 0.2) is 16.8 Å². The van der Waals surface area contributed by atoms with E-state index in [9.17, 15) is 4.79 Å². The molecule has 15 heavy (non-hydrogen) atoms. The molecule has 1 fully saturated rings. The summed E-state index contributed by atoms with van der Waals surface area (Å²) in [5.41, 5.74) is 1.22. The van der Waals surface area contributed by atoms with E-state index >= 15 is 0 Å². The van der Waals surface area contributed by atoms with Crippen LogP contribution in [0.2, 0.25) is 0 Å². The molecule has 0 aromatic carbocycles. The second-order valence-corrected chi connectivity index (χ2v) is 4.74. The van der Waals surface area contributed by atoms with Gasteiger partial charge in [-0.2, -0.15) is 11.3 Å². The van der Waals surface area contributed by atoms with Crippen molar-refractivity contribution in [3.63, 3.8) is 0 Å². The first-order chi connectivity index (χ1) is 7.27. The summed E-state index contributed by atoms with van der Waals surface area (Å²) in [5.74, 6) is 0. The van der Waals surface area contributed by atoms with E-state index in [1.54, 1.807) is 16.2 Å². The Hall–Kier alpha value is -1.03. The Bertz CT molecular complexity index is 317. The highest BCUT2D eigenvalue weighted by Gasteiger charge is 2.20. The number of hydrogen-bond acceptors (Lipinski definition) is 2. The fraction of sp³-hybridized carbons (Fsp3) is 0.545. The number of hydrogen-bond donors (Lipinski definition) is 0. The molecule has 4 heteroatoms. The van der Waals surface area contributed by atoms with Gasteiger partial charge in [0.15, 0.2) is 0 Å². The van der Waals surface area contributed by atoms with Gasteiger partial charge in [0.1, 0.15) is 0 Å². The van der Waals surface area contributed by atoms with E-state index in [0.717, 1.165) is 32.5 Å². The van der Waals surface area contributed by atoms with Crippen LogP contribution in [0.5, 0.6) is 0 Å². The van der Waals surface area contributed by atoms with E-state index in [0.29, 0.717) is 0 Å². The van der Waals surface area contributed by atoms with Gasteiger partial charge in [0, 0.05) is 26.7 Å². The van der Waals surface area contributed by atoms with Gasteiger partial charge in [0.25, 0.3) is 0 Å². The van der Waals surface area contributed by atoms with Gasteiger partial charge in [-0.25, -0.2) is 4.79 Å². The van der Waals surface area contributed by atoms with Gasteiger partial charge in [0.05, 0.1) is 0 Å². The average molecular weight is 224 g/mol. The van der Waals surface area contributed by atoms with Crippen LogP contribution in [-0.2, 0) is 6.54 Å². The van der Waals surface area contributed by atoms with Crippen LogP contribution >= 0.6 is 11.3 Å². The van der Waals surface area contributed by atoms with Crippen molar-refractivity contribution in [1.82, 2.24) is 9.80 Å². The Morgan fingerprint density at radius 2 is 2.27 bits per heavy atom. The first-order valence-corrected chi connectivity index (χ1v) is 6.23. The van der Waals surface area contributed by atoms with Gasteiger partial charge >= 0.3 is 6.03 Å². The van der Waals surface area contributed by atoms with Crippen molar-refractivity contribution in [2.45, 2.75) is 19.4 Å². The van der Waals surface area contributed by atoms with Gasteiger partial charge in [-0.1, -0.05) is 0 Å². The van der Waals surface area contributed by atoms with Crippen LogP contribution in [-0.4, -0.2) is 36.0 Å². The van der Waals surface area contributed by atoms with E-state index in [1.807, 2.05) is 17.3 Å². The summed E-state index contributed by atoms with van der Waals surface area (Å²) in [6.45, 7) is 2.57. The number of nitrogens with zero attached hydrogens (tertiary/aromatic N) is 2. The summed E-state index contributed by atoms with van der Waals surface area (Å²) in [4.78, 5) is 15.7. The van der Waals surface area contributed by atoms with Crippen molar-refractivity contribution in [3.05, 3.63) is 22.4 Å². The molecule has 2 rings (SSSR count). The summed E-state index contributed by atoms with van der Waals surface area (Å²) in [7, 11) is 1.87. The van der Waals surface area contributed by atoms with Crippen molar-refractivity contribution >= 4 is 17.4 Å². The Kier molecular flexibility index (Phi) is 3.26. The summed E-state index contributed by atoms with van der Waals surface area (Å²) < 4.78 is 0. The lowest BCUT2D eigenvalue weighted by atomic mass is 10.3. The second-order valence-electron chi connectivity index (χ2n) is 3.96. The van der Waals surface area contributed by atoms with Crippen molar-refractivity contribution in [1.29, 1.82) is 0 Å². The Morgan fingerprint density at radius 3 is 2.87 bits per heavy atom. The monoisotopic (exact) mass is 224 g/mol. The molecule has 0 N–H and O–H groups in total. The van der Waals surface area contributed by atoms with E-state index in [4.69, 9.17) is 0 Å². The third-order valence-electron chi connectivity index (χ3n) is 2.70. The highest BCUT2D eigenvalue weighted by atomic mass is 32.1. The SMILES string of the molecule is CN(Cc1ccsc1)C(=O)N1CCCC1. The first-order valence-electron chi connectivity index (χ1n) is 5.28. The van der Waals surface area contributed by atoms with Gasteiger partial charge in [-0.05, 0) is 35.2 Å². The van der Waals surface area contributed by atoms with Crippen molar-refractivity contribution in [2.75, 3.05) is 20.1 Å². The maximum atomic E-state index is 11.9. The van der Waals surface area contributed by atoms with Gasteiger partial charge in [-0.3, -0.25) is 0 Å². The van der Waals surface area contributed by atoms with Crippen LogP contribution in [0.4, 0.5) is 4.79 Å². The van der Waals surface area contributed by atoms with Gasteiger partial charge in [0.2, 0.25) is 0 Å². The number of carbonyl (C=O) groups is 1. The number of rotatable bonds is 2. The molecule has 0 unspecified atom stereocenters. The van der Waals surface area contributed by atoms with Crippen molar-refractivity contribution in [2.24, 2.45) is 0 Å². The Balaban J connectivity index is 1.89. The smallest absolute Gasteiger partial charge is 0.320 e. The Labute approximate surface area is 94.3 Å². The average Bonchev–Trinajstić information content (AvgIpc) is 2.88. The molecular formula is C11H16N2OS. The molecule has 82 valence electrons. The highest BCUT2D eigenvalue weighted by molar-refractivity contribution is 7.07. The zero-order valence-corrected chi connectivity index (χ0v) is 9.80. The first kappa shape index (κ1) is 10.5. The highest BCUT2D eigenvalue weighted by Crippen LogP contribution is 2.13. The summed E-state index contributed by atoms with van der Waals surface area (Å²) >= 11 is 1.67. The lowest BCUT2D eigenvalue weighted by molar-refractivity contribution is 0.171. The molecule has 2 heterocycles. The fourth-order valence-corrected chi connectivity index (χ4v) is 2.53. The standard InChI is InChI=1S/C11H16N2OS/c1-12(8-10-4-7-15-9-10)11(14)13-5-2-3-6-13/h4,7,9H,2-3,5-6,8H2,1H3.